The number of rotatable bonds is 4. The average Bonchev–Trinajstić information content (AvgIpc) is 2.48. The van der Waals surface area contributed by atoms with E-state index in [0.29, 0.717) is 0 Å². The van der Waals surface area contributed by atoms with E-state index < -0.39 is 36.8 Å². The van der Waals surface area contributed by atoms with Crippen molar-refractivity contribution >= 4 is 0 Å². The normalized spacial score (nSPS) is 35.8. The minimum absolute atomic E-state index is 0.212. The molecule has 6 nitrogen and oxygen atoms in total. The second kappa shape index (κ2) is 6.62. The van der Waals surface area contributed by atoms with Crippen molar-refractivity contribution in [3.63, 3.8) is 0 Å². The van der Waals surface area contributed by atoms with E-state index in [0.717, 1.165) is 5.56 Å². The Morgan fingerprint density at radius 1 is 1.15 bits per heavy atom. The summed E-state index contributed by atoms with van der Waals surface area (Å²) in [6.45, 7) is 1.82. The lowest BCUT2D eigenvalue weighted by atomic mass is 10.00. The van der Waals surface area contributed by atoms with Crippen molar-refractivity contribution < 1.29 is 24.8 Å². The van der Waals surface area contributed by atoms with Gasteiger partial charge in [-0.15, -0.1) is 0 Å². The Kier molecular flexibility index (Phi) is 5.09. The van der Waals surface area contributed by atoms with E-state index in [2.05, 4.69) is 0 Å². The number of benzene rings is 1. The molecule has 20 heavy (non-hydrogen) atoms. The minimum atomic E-state index is -1.32. The summed E-state index contributed by atoms with van der Waals surface area (Å²) >= 11 is 0. The average molecular weight is 283 g/mol. The van der Waals surface area contributed by atoms with Crippen LogP contribution in [0.4, 0.5) is 0 Å². The molecule has 6 heteroatoms. The highest BCUT2D eigenvalue weighted by Crippen LogP contribution is 2.26. The molecule has 0 aliphatic carbocycles. The van der Waals surface area contributed by atoms with E-state index in [1.54, 1.807) is 6.92 Å². The maximum absolute atomic E-state index is 9.92. The quantitative estimate of drug-likeness (QED) is 0.595. The summed E-state index contributed by atoms with van der Waals surface area (Å²) < 4.78 is 11.1. The zero-order chi connectivity index (χ0) is 14.7. The highest BCUT2D eigenvalue weighted by Gasteiger charge is 2.43. The predicted octanol–water partition coefficient (Wildman–Crippen LogP) is -0.470. The SMILES string of the molecule is C[C@@H]1O[C@@H](O[C@@H](CN)c2ccccc2)[C@H](O)[C@H](O)[C@H]1O. The maximum Gasteiger partial charge on any atom is 0.187 e. The predicted molar refractivity (Wildman–Crippen MR) is 71.7 cm³/mol. The zero-order valence-corrected chi connectivity index (χ0v) is 11.3. The number of hydrogen-bond donors (Lipinski definition) is 4. The first kappa shape index (κ1) is 15.4. The molecule has 0 spiro atoms. The van der Waals surface area contributed by atoms with Crippen LogP contribution in [0.1, 0.15) is 18.6 Å². The van der Waals surface area contributed by atoms with E-state index in [4.69, 9.17) is 15.2 Å². The Bertz CT molecular complexity index is 415. The molecule has 112 valence electrons. The van der Waals surface area contributed by atoms with E-state index in [-0.39, 0.29) is 6.54 Å². The minimum Gasteiger partial charge on any atom is -0.388 e. The van der Waals surface area contributed by atoms with Crippen LogP contribution < -0.4 is 5.73 Å². The number of hydrogen-bond acceptors (Lipinski definition) is 6. The molecule has 1 aliphatic rings. The van der Waals surface area contributed by atoms with Gasteiger partial charge in [0, 0.05) is 6.54 Å². The van der Waals surface area contributed by atoms with E-state index >= 15 is 0 Å². The van der Waals surface area contributed by atoms with Crippen LogP contribution in [0.3, 0.4) is 0 Å². The lowest BCUT2D eigenvalue weighted by Crippen LogP contribution is -2.57. The van der Waals surface area contributed by atoms with Crippen molar-refractivity contribution in [1.82, 2.24) is 0 Å². The van der Waals surface area contributed by atoms with Crippen molar-refractivity contribution in [2.75, 3.05) is 6.54 Å². The molecule has 1 aliphatic heterocycles. The number of aliphatic hydroxyl groups excluding tert-OH is 3. The van der Waals surface area contributed by atoms with Gasteiger partial charge in [-0.05, 0) is 12.5 Å². The first-order valence-corrected chi connectivity index (χ1v) is 6.64. The lowest BCUT2D eigenvalue weighted by molar-refractivity contribution is -0.304. The summed E-state index contributed by atoms with van der Waals surface area (Å²) in [5, 5.41) is 29.3. The molecule has 1 aromatic carbocycles. The molecule has 5 N–H and O–H groups in total. The Morgan fingerprint density at radius 3 is 2.40 bits per heavy atom. The van der Waals surface area contributed by atoms with E-state index in [1.807, 2.05) is 30.3 Å². The van der Waals surface area contributed by atoms with Crippen molar-refractivity contribution in [1.29, 1.82) is 0 Å². The van der Waals surface area contributed by atoms with Crippen molar-refractivity contribution in [2.24, 2.45) is 5.73 Å². The molecule has 0 bridgehead atoms. The fraction of sp³-hybridized carbons (Fsp3) is 0.571. The van der Waals surface area contributed by atoms with Crippen LogP contribution in [0.15, 0.2) is 30.3 Å². The topological polar surface area (TPSA) is 105 Å². The van der Waals surface area contributed by atoms with Gasteiger partial charge in [-0.2, -0.15) is 0 Å². The van der Waals surface area contributed by atoms with Crippen LogP contribution in [0.2, 0.25) is 0 Å². The lowest BCUT2D eigenvalue weighted by Gasteiger charge is -2.40. The number of nitrogens with two attached hydrogens (primary N) is 1. The van der Waals surface area contributed by atoms with Gasteiger partial charge < -0.3 is 30.5 Å². The number of aliphatic hydroxyl groups is 3. The Morgan fingerprint density at radius 2 is 1.80 bits per heavy atom. The number of ether oxygens (including phenoxy) is 2. The molecule has 1 fully saturated rings. The summed E-state index contributed by atoms with van der Waals surface area (Å²) in [4.78, 5) is 0. The van der Waals surface area contributed by atoms with Gasteiger partial charge in [0.15, 0.2) is 6.29 Å². The summed E-state index contributed by atoms with van der Waals surface area (Å²) in [6, 6.07) is 9.33. The first-order chi connectivity index (χ1) is 9.54. The maximum atomic E-state index is 9.92. The van der Waals surface area contributed by atoms with Gasteiger partial charge in [0.2, 0.25) is 0 Å². The molecule has 0 saturated carbocycles. The Labute approximate surface area is 117 Å². The van der Waals surface area contributed by atoms with Crippen molar-refractivity contribution in [3.8, 4) is 0 Å². The third-order valence-corrected chi connectivity index (χ3v) is 3.49. The Balaban J connectivity index is 2.08. The van der Waals surface area contributed by atoms with Gasteiger partial charge in [-0.25, -0.2) is 0 Å². The molecule has 6 atom stereocenters. The van der Waals surface area contributed by atoms with Gasteiger partial charge in [0.05, 0.1) is 12.2 Å². The summed E-state index contributed by atoms with van der Waals surface area (Å²) in [5.74, 6) is 0. The smallest absolute Gasteiger partial charge is 0.187 e. The van der Waals surface area contributed by atoms with Crippen LogP contribution in [0, 0.1) is 0 Å². The molecule has 2 rings (SSSR count). The monoisotopic (exact) mass is 283 g/mol. The van der Waals surface area contributed by atoms with Crippen LogP contribution in [0.25, 0.3) is 0 Å². The first-order valence-electron chi connectivity index (χ1n) is 6.64. The fourth-order valence-electron chi connectivity index (χ4n) is 2.23. The second-order valence-corrected chi connectivity index (χ2v) is 4.95. The fourth-order valence-corrected chi connectivity index (χ4v) is 2.23. The molecule has 0 unspecified atom stereocenters. The molecular formula is C14H21NO5. The highest BCUT2D eigenvalue weighted by molar-refractivity contribution is 5.17. The van der Waals surface area contributed by atoms with Crippen LogP contribution in [0.5, 0.6) is 0 Å². The summed E-state index contributed by atoms with van der Waals surface area (Å²) in [7, 11) is 0. The van der Waals surface area contributed by atoms with Crippen LogP contribution in [-0.4, -0.2) is 52.6 Å². The molecule has 1 saturated heterocycles. The van der Waals surface area contributed by atoms with Gasteiger partial charge in [0.1, 0.15) is 18.3 Å². The molecule has 0 aromatic heterocycles. The summed E-state index contributed by atoms with van der Waals surface area (Å²) in [5.41, 5.74) is 6.55. The molecular weight excluding hydrogens is 262 g/mol. The zero-order valence-electron chi connectivity index (χ0n) is 11.3. The molecule has 0 radical (unpaired) electrons. The molecule has 0 amide bonds. The third-order valence-electron chi connectivity index (χ3n) is 3.49. The van der Waals surface area contributed by atoms with Crippen LogP contribution >= 0.6 is 0 Å². The summed E-state index contributed by atoms with van der Waals surface area (Å²) in [6.07, 6.45) is -5.88. The Hall–Kier alpha value is -1.02. The van der Waals surface area contributed by atoms with Gasteiger partial charge in [0.25, 0.3) is 0 Å². The van der Waals surface area contributed by atoms with Crippen LogP contribution in [-0.2, 0) is 9.47 Å². The molecule has 1 aromatic rings. The largest absolute Gasteiger partial charge is 0.388 e. The molecule has 1 heterocycles. The van der Waals surface area contributed by atoms with Gasteiger partial charge in [-0.3, -0.25) is 0 Å². The van der Waals surface area contributed by atoms with E-state index in [9.17, 15) is 15.3 Å². The van der Waals surface area contributed by atoms with Gasteiger partial charge >= 0.3 is 0 Å². The standard InChI is InChI=1S/C14H21NO5/c1-8-11(16)12(17)13(18)14(19-8)20-10(7-15)9-5-3-2-4-6-9/h2-6,8,10-14,16-18H,7,15H2,1H3/t8-,10-,11-,12+,13+,14-/m0/s1. The second-order valence-electron chi connectivity index (χ2n) is 4.95. The highest BCUT2D eigenvalue weighted by atomic mass is 16.7. The van der Waals surface area contributed by atoms with Crippen molar-refractivity contribution in [2.45, 2.75) is 43.7 Å². The van der Waals surface area contributed by atoms with E-state index in [1.165, 1.54) is 0 Å². The van der Waals surface area contributed by atoms with Gasteiger partial charge in [-0.1, -0.05) is 30.3 Å². The van der Waals surface area contributed by atoms with Crippen molar-refractivity contribution in [3.05, 3.63) is 35.9 Å². The third kappa shape index (κ3) is 3.17.